The van der Waals surface area contributed by atoms with E-state index in [4.69, 9.17) is 16.3 Å². The number of nitriles is 1. The van der Waals surface area contributed by atoms with E-state index in [1.807, 2.05) is 6.07 Å². The number of nitrogens with zero attached hydrogens (tertiary/aromatic N) is 1. The van der Waals surface area contributed by atoms with Gasteiger partial charge in [0.15, 0.2) is 5.54 Å². The van der Waals surface area contributed by atoms with Crippen LogP contribution in [0.4, 0.5) is 0 Å². The molecule has 138 valence electrons. The largest absolute Gasteiger partial charge is 0.490 e. The molecule has 0 saturated carbocycles. The second-order valence-corrected chi connectivity index (χ2v) is 8.49. The minimum absolute atomic E-state index is 0.114. The molecule has 0 bridgehead atoms. The highest BCUT2D eigenvalue weighted by molar-refractivity contribution is 7.88. The van der Waals surface area contributed by atoms with Crippen LogP contribution in [0.3, 0.4) is 0 Å². The van der Waals surface area contributed by atoms with E-state index in [1.165, 1.54) is 0 Å². The van der Waals surface area contributed by atoms with Crippen molar-refractivity contribution in [2.45, 2.75) is 25.1 Å². The van der Waals surface area contributed by atoms with Gasteiger partial charge in [0.05, 0.1) is 11.8 Å². The lowest BCUT2D eigenvalue weighted by molar-refractivity contribution is 0.201. The van der Waals surface area contributed by atoms with Crippen LogP contribution in [0.2, 0.25) is 5.02 Å². The first-order chi connectivity index (χ1) is 12.3. The molecule has 0 amide bonds. The Bertz CT molecular complexity index is 862. The lowest BCUT2D eigenvalue weighted by Gasteiger charge is -2.31. The fourth-order valence-corrected chi connectivity index (χ4v) is 4.06. The van der Waals surface area contributed by atoms with Gasteiger partial charge in [-0.25, -0.2) is 8.42 Å². The van der Waals surface area contributed by atoms with Crippen LogP contribution in [0.15, 0.2) is 54.6 Å². The first kappa shape index (κ1) is 20.2. The van der Waals surface area contributed by atoms with Crippen molar-refractivity contribution in [3.63, 3.8) is 0 Å². The third-order valence-electron chi connectivity index (χ3n) is 4.00. The van der Waals surface area contributed by atoms with Gasteiger partial charge in [0.2, 0.25) is 10.0 Å². The zero-order chi connectivity index (χ0) is 19.2. The van der Waals surface area contributed by atoms with Crippen molar-refractivity contribution in [3.05, 3.63) is 65.2 Å². The summed E-state index contributed by atoms with van der Waals surface area (Å²) in [4.78, 5) is 0. The third kappa shape index (κ3) is 5.46. The number of nitrogens with one attached hydrogen (secondary N) is 1. The van der Waals surface area contributed by atoms with E-state index < -0.39 is 15.6 Å². The van der Waals surface area contributed by atoms with Crippen LogP contribution in [-0.4, -0.2) is 20.6 Å². The molecule has 2 aromatic carbocycles. The summed E-state index contributed by atoms with van der Waals surface area (Å²) in [6, 6.07) is 17.6. The fourth-order valence-electron chi connectivity index (χ4n) is 2.33. The van der Waals surface area contributed by atoms with Gasteiger partial charge in [0.25, 0.3) is 0 Å². The van der Waals surface area contributed by atoms with Gasteiger partial charge in [-0.15, -0.1) is 0 Å². The van der Waals surface area contributed by atoms with Crippen molar-refractivity contribution in [1.29, 1.82) is 5.26 Å². The van der Waals surface area contributed by atoms with Gasteiger partial charge in [0.1, 0.15) is 12.4 Å². The molecule has 1 unspecified atom stereocenters. The van der Waals surface area contributed by atoms with Crippen molar-refractivity contribution in [3.8, 4) is 11.8 Å². The van der Waals surface area contributed by atoms with Gasteiger partial charge >= 0.3 is 0 Å². The molecular formula is C19H21ClN2O3S. The summed E-state index contributed by atoms with van der Waals surface area (Å²) < 4.78 is 33.4. The number of rotatable bonds is 8. The Balaban J connectivity index is 2.17. The number of hydrogen-bond donors (Lipinski definition) is 1. The minimum atomic E-state index is -3.73. The SMILES string of the molecule is CC(C)C(C#N)(COc1ccc(Cl)cc1)NS(=O)(=O)Cc1ccccc1. The van der Waals surface area contributed by atoms with Crippen LogP contribution < -0.4 is 9.46 Å². The van der Waals surface area contributed by atoms with Gasteiger partial charge in [-0.1, -0.05) is 55.8 Å². The summed E-state index contributed by atoms with van der Waals surface area (Å²) in [6.45, 7) is 3.44. The predicted octanol–water partition coefficient (Wildman–Crippen LogP) is 3.76. The molecule has 0 aliphatic rings. The maximum absolute atomic E-state index is 12.6. The molecule has 26 heavy (non-hydrogen) atoms. The fraction of sp³-hybridized carbons (Fsp3) is 0.316. The van der Waals surface area contributed by atoms with Crippen molar-refractivity contribution in [2.75, 3.05) is 6.61 Å². The highest BCUT2D eigenvalue weighted by Gasteiger charge is 2.39. The quantitative estimate of drug-likeness (QED) is 0.741. The van der Waals surface area contributed by atoms with E-state index in [2.05, 4.69) is 10.8 Å². The summed E-state index contributed by atoms with van der Waals surface area (Å²) >= 11 is 5.84. The first-order valence-corrected chi connectivity index (χ1v) is 10.1. The summed E-state index contributed by atoms with van der Waals surface area (Å²) in [5, 5.41) is 10.3. The average molecular weight is 393 g/mol. The molecule has 0 aliphatic carbocycles. The Kier molecular flexibility index (Phi) is 6.65. The maximum atomic E-state index is 12.6. The van der Waals surface area contributed by atoms with Crippen LogP contribution in [0.1, 0.15) is 19.4 Å². The second-order valence-electron chi connectivity index (χ2n) is 6.33. The molecular weight excluding hydrogens is 372 g/mol. The number of sulfonamides is 1. The van der Waals surface area contributed by atoms with E-state index in [-0.39, 0.29) is 18.3 Å². The van der Waals surface area contributed by atoms with E-state index in [9.17, 15) is 13.7 Å². The van der Waals surface area contributed by atoms with Gasteiger partial charge < -0.3 is 4.74 Å². The molecule has 0 heterocycles. The smallest absolute Gasteiger partial charge is 0.217 e. The predicted molar refractivity (Wildman–Crippen MR) is 102 cm³/mol. The molecule has 0 saturated heterocycles. The van der Waals surface area contributed by atoms with Crippen molar-refractivity contribution in [1.82, 2.24) is 4.72 Å². The van der Waals surface area contributed by atoms with E-state index in [1.54, 1.807) is 62.4 Å². The Morgan fingerprint density at radius 3 is 2.31 bits per heavy atom. The number of halogens is 1. The molecule has 0 fully saturated rings. The van der Waals surface area contributed by atoms with E-state index >= 15 is 0 Å². The molecule has 0 spiro atoms. The van der Waals surface area contributed by atoms with Crippen LogP contribution in [0.25, 0.3) is 0 Å². The van der Waals surface area contributed by atoms with Gasteiger partial charge in [-0.2, -0.15) is 9.98 Å². The number of benzene rings is 2. The Hall–Kier alpha value is -2.07. The van der Waals surface area contributed by atoms with Crippen LogP contribution in [0.5, 0.6) is 5.75 Å². The van der Waals surface area contributed by atoms with Gasteiger partial charge in [-0.3, -0.25) is 0 Å². The summed E-state index contributed by atoms with van der Waals surface area (Å²) in [5.41, 5.74) is -0.734. The standard InChI is InChI=1S/C19H21ClN2O3S/c1-15(2)19(13-21,14-25-18-10-8-17(20)9-11-18)22-26(23,24)12-16-6-4-3-5-7-16/h3-11,15,22H,12,14H2,1-2H3. The molecule has 5 nitrogen and oxygen atoms in total. The molecule has 7 heteroatoms. The monoisotopic (exact) mass is 392 g/mol. The van der Waals surface area contributed by atoms with Crippen LogP contribution in [0, 0.1) is 17.2 Å². The zero-order valence-corrected chi connectivity index (χ0v) is 16.2. The van der Waals surface area contributed by atoms with Gasteiger partial charge in [-0.05, 0) is 35.7 Å². The first-order valence-electron chi connectivity index (χ1n) is 8.11. The highest BCUT2D eigenvalue weighted by atomic mass is 35.5. The summed E-state index contributed by atoms with van der Waals surface area (Å²) in [6.07, 6.45) is 0. The molecule has 1 N–H and O–H groups in total. The van der Waals surface area contributed by atoms with Crippen molar-refractivity contribution in [2.24, 2.45) is 5.92 Å². The maximum Gasteiger partial charge on any atom is 0.217 e. The van der Waals surface area contributed by atoms with E-state index in [0.29, 0.717) is 16.3 Å². The van der Waals surface area contributed by atoms with Crippen LogP contribution >= 0.6 is 11.6 Å². The summed E-state index contributed by atoms with van der Waals surface area (Å²) in [7, 11) is -3.73. The Morgan fingerprint density at radius 1 is 1.15 bits per heavy atom. The Morgan fingerprint density at radius 2 is 1.77 bits per heavy atom. The number of hydrogen-bond acceptors (Lipinski definition) is 4. The normalized spacial score (nSPS) is 13.8. The minimum Gasteiger partial charge on any atom is -0.490 e. The summed E-state index contributed by atoms with van der Waals surface area (Å²) in [5.74, 6) is 0.00701. The molecule has 1 atom stereocenters. The van der Waals surface area contributed by atoms with Crippen molar-refractivity contribution >= 4 is 21.6 Å². The molecule has 2 aromatic rings. The van der Waals surface area contributed by atoms with E-state index in [0.717, 1.165) is 0 Å². The zero-order valence-electron chi connectivity index (χ0n) is 14.6. The lowest BCUT2D eigenvalue weighted by Crippen LogP contribution is -2.55. The molecule has 0 aliphatic heterocycles. The molecule has 0 radical (unpaired) electrons. The van der Waals surface area contributed by atoms with Gasteiger partial charge in [0, 0.05) is 5.02 Å². The topological polar surface area (TPSA) is 79.2 Å². The average Bonchev–Trinajstić information content (AvgIpc) is 2.60. The Labute approximate surface area is 159 Å². The molecule has 0 aromatic heterocycles. The third-order valence-corrected chi connectivity index (χ3v) is 5.64. The molecule has 2 rings (SSSR count). The number of ether oxygens (including phenoxy) is 1. The second kappa shape index (κ2) is 8.54. The lowest BCUT2D eigenvalue weighted by atomic mass is 9.90. The van der Waals surface area contributed by atoms with Crippen LogP contribution in [-0.2, 0) is 15.8 Å². The highest BCUT2D eigenvalue weighted by Crippen LogP contribution is 2.22. The van der Waals surface area contributed by atoms with Crippen molar-refractivity contribution < 1.29 is 13.2 Å².